The van der Waals surface area contributed by atoms with Crippen LogP contribution in [0.3, 0.4) is 0 Å². The van der Waals surface area contributed by atoms with Gasteiger partial charge in [0.1, 0.15) is 0 Å². The van der Waals surface area contributed by atoms with Crippen molar-refractivity contribution in [1.82, 2.24) is 4.90 Å². The Labute approximate surface area is 124 Å². The minimum absolute atomic E-state index is 0.126. The van der Waals surface area contributed by atoms with Gasteiger partial charge in [-0.25, -0.2) is 0 Å². The fraction of sp³-hybridized carbons (Fsp3) is 0.429. The van der Waals surface area contributed by atoms with E-state index in [1.807, 2.05) is 0 Å². The van der Waals surface area contributed by atoms with Crippen LogP contribution in [0.4, 0.5) is 18.9 Å². The number of anilines is 1. The van der Waals surface area contributed by atoms with Crippen LogP contribution in [0.25, 0.3) is 0 Å². The third-order valence-electron chi connectivity index (χ3n) is 3.59. The summed E-state index contributed by atoms with van der Waals surface area (Å²) in [6.45, 7) is -0.217. The summed E-state index contributed by atoms with van der Waals surface area (Å²) in [6.07, 6.45) is -4.27. The molecule has 2 rings (SSSR count). The maximum Gasteiger partial charge on any atom is 0.418 e. The van der Waals surface area contributed by atoms with E-state index in [1.165, 1.54) is 30.1 Å². The number of rotatable bonds is 4. The molecule has 1 amide bonds. The zero-order chi connectivity index (χ0) is 16.5. The number of nitrogens with zero attached hydrogens (tertiary/aromatic N) is 2. The summed E-state index contributed by atoms with van der Waals surface area (Å²) in [5.74, 6) is -1.61. The number of carbonyl (C=O) groups excluding carboxylic acids is 1. The van der Waals surface area contributed by atoms with Gasteiger partial charge in [-0.3, -0.25) is 14.5 Å². The molecular formula is C14H15F3N2O3. The second-order valence-corrected chi connectivity index (χ2v) is 5.12. The number of benzene rings is 1. The molecule has 1 aliphatic rings. The number of hydrogen-bond donors (Lipinski definition) is 1. The van der Waals surface area contributed by atoms with Gasteiger partial charge in [0.25, 0.3) is 0 Å². The van der Waals surface area contributed by atoms with Crippen LogP contribution in [0.1, 0.15) is 12.0 Å². The number of alkyl halides is 3. The van der Waals surface area contributed by atoms with Crippen molar-refractivity contribution in [3.63, 3.8) is 0 Å². The van der Waals surface area contributed by atoms with E-state index >= 15 is 0 Å². The lowest BCUT2D eigenvalue weighted by molar-refractivity contribution is -0.139. The average molecular weight is 316 g/mol. The zero-order valence-electron chi connectivity index (χ0n) is 11.8. The summed E-state index contributed by atoms with van der Waals surface area (Å²) in [4.78, 5) is 25.4. The molecule has 1 aromatic carbocycles. The summed E-state index contributed by atoms with van der Waals surface area (Å²) in [6, 6.07) is 4.15. The molecular weight excluding hydrogens is 301 g/mol. The molecule has 0 bridgehead atoms. The predicted molar refractivity (Wildman–Crippen MR) is 72.5 cm³/mol. The Kier molecular flexibility index (Phi) is 4.41. The molecule has 1 aromatic rings. The number of carbonyl (C=O) groups is 2. The minimum atomic E-state index is -4.55. The lowest BCUT2D eigenvalue weighted by Crippen LogP contribution is -2.42. The second kappa shape index (κ2) is 5.96. The number of para-hydroxylation sites is 1. The summed E-state index contributed by atoms with van der Waals surface area (Å²) in [5, 5.41) is 8.75. The van der Waals surface area contributed by atoms with Gasteiger partial charge in [0.05, 0.1) is 23.8 Å². The van der Waals surface area contributed by atoms with Crippen LogP contribution in [-0.4, -0.2) is 48.1 Å². The van der Waals surface area contributed by atoms with Crippen LogP contribution in [-0.2, 0) is 15.8 Å². The highest BCUT2D eigenvalue weighted by atomic mass is 19.4. The molecule has 1 saturated heterocycles. The summed E-state index contributed by atoms with van der Waals surface area (Å²) in [5.41, 5.74) is -1.06. The summed E-state index contributed by atoms with van der Waals surface area (Å²) < 4.78 is 39.1. The molecule has 22 heavy (non-hydrogen) atoms. The largest absolute Gasteiger partial charge is 0.480 e. The first-order chi connectivity index (χ1) is 10.2. The highest BCUT2D eigenvalue weighted by Gasteiger charge is 2.40. The molecule has 8 heteroatoms. The lowest BCUT2D eigenvalue weighted by atomic mass is 10.1. The third kappa shape index (κ3) is 3.22. The Morgan fingerprint density at radius 3 is 2.64 bits per heavy atom. The highest BCUT2D eigenvalue weighted by Crippen LogP contribution is 2.38. The van der Waals surface area contributed by atoms with E-state index in [1.54, 1.807) is 0 Å². The van der Waals surface area contributed by atoms with Crippen molar-refractivity contribution >= 4 is 17.6 Å². The molecule has 0 aromatic heterocycles. The fourth-order valence-electron chi connectivity index (χ4n) is 2.59. The molecule has 120 valence electrons. The topological polar surface area (TPSA) is 60.9 Å². The standard InChI is InChI=1S/C14H15F3N2O3/c1-18(8-12(20)21)11-6-7-19(13(11)22)10-5-3-2-4-9(10)14(15,16)17/h2-5,11H,6-8H2,1H3,(H,20,21). The van der Waals surface area contributed by atoms with Crippen molar-refractivity contribution in [2.24, 2.45) is 0 Å². The quantitative estimate of drug-likeness (QED) is 0.920. The van der Waals surface area contributed by atoms with Crippen molar-refractivity contribution in [2.45, 2.75) is 18.6 Å². The molecule has 1 heterocycles. The SMILES string of the molecule is CN(CC(=O)O)C1CCN(c2ccccc2C(F)(F)F)C1=O. The maximum atomic E-state index is 13.0. The molecule has 1 N–H and O–H groups in total. The smallest absolute Gasteiger partial charge is 0.418 e. The Balaban J connectivity index is 2.26. The van der Waals surface area contributed by atoms with Crippen LogP contribution in [0.15, 0.2) is 24.3 Å². The molecule has 1 fully saturated rings. The predicted octanol–water partition coefficient (Wildman–Crippen LogP) is 1.83. The lowest BCUT2D eigenvalue weighted by Gasteiger charge is -2.24. The van der Waals surface area contributed by atoms with Crippen LogP contribution >= 0.6 is 0 Å². The number of hydrogen-bond acceptors (Lipinski definition) is 3. The van der Waals surface area contributed by atoms with Gasteiger partial charge < -0.3 is 10.0 Å². The number of carboxylic acids is 1. The number of halogens is 3. The van der Waals surface area contributed by atoms with Gasteiger partial charge in [0, 0.05) is 6.54 Å². The van der Waals surface area contributed by atoms with E-state index in [4.69, 9.17) is 5.11 Å². The van der Waals surface area contributed by atoms with E-state index in [9.17, 15) is 22.8 Å². The number of likely N-dealkylation sites (N-methyl/N-ethyl adjacent to an activating group) is 1. The van der Waals surface area contributed by atoms with Gasteiger partial charge >= 0.3 is 12.1 Å². The van der Waals surface area contributed by atoms with Crippen LogP contribution in [0.5, 0.6) is 0 Å². The van der Waals surface area contributed by atoms with Crippen LogP contribution in [0, 0.1) is 0 Å². The van der Waals surface area contributed by atoms with Crippen molar-refractivity contribution < 1.29 is 27.9 Å². The molecule has 1 aliphatic heterocycles. The summed E-state index contributed by atoms with van der Waals surface area (Å²) >= 11 is 0. The van der Waals surface area contributed by atoms with Gasteiger partial charge in [0.15, 0.2) is 0 Å². The van der Waals surface area contributed by atoms with Gasteiger partial charge in [0.2, 0.25) is 5.91 Å². The van der Waals surface area contributed by atoms with E-state index in [2.05, 4.69) is 0 Å². The maximum absolute atomic E-state index is 13.0. The van der Waals surface area contributed by atoms with Crippen molar-refractivity contribution in [3.8, 4) is 0 Å². The van der Waals surface area contributed by atoms with Gasteiger partial charge in [-0.15, -0.1) is 0 Å². The molecule has 0 spiro atoms. The first kappa shape index (κ1) is 16.3. The normalized spacial score (nSPS) is 19.0. The van der Waals surface area contributed by atoms with Crippen molar-refractivity contribution in [3.05, 3.63) is 29.8 Å². The molecule has 0 radical (unpaired) electrons. The van der Waals surface area contributed by atoms with Gasteiger partial charge in [-0.05, 0) is 25.6 Å². The summed E-state index contributed by atoms with van der Waals surface area (Å²) in [7, 11) is 1.47. The highest BCUT2D eigenvalue weighted by molar-refractivity contribution is 6.00. The van der Waals surface area contributed by atoms with Crippen molar-refractivity contribution in [1.29, 1.82) is 0 Å². The monoisotopic (exact) mass is 316 g/mol. The zero-order valence-corrected chi connectivity index (χ0v) is 11.8. The Morgan fingerprint density at radius 1 is 1.41 bits per heavy atom. The van der Waals surface area contributed by atoms with Crippen molar-refractivity contribution in [2.75, 3.05) is 25.0 Å². The van der Waals surface area contributed by atoms with E-state index in [0.717, 1.165) is 11.0 Å². The molecule has 0 saturated carbocycles. The first-order valence-corrected chi connectivity index (χ1v) is 6.61. The molecule has 0 aliphatic carbocycles. The fourth-order valence-corrected chi connectivity index (χ4v) is 2.59. The first-order valence-electron chi connectivity index (χ1n) is 6.61. The second-order valence-electron chi connectivity index (χ2n) is 5.12. The Morgan fingerprint density at radius 2 is 2.05 bits per heavy atom. The third-order valence-corrected chi connectivity index (χ3v) is 3.59. The van der Waals surface area contributed by atoms with Gasteiger partial charge in [-0.1, -0.05) is 12.1 Å². The number of aliphatic carboxylic acids is 1. The van der Waals surface area contributed by atoms with E-state index in [0.29, 0.717) is 0 Å². The number of carboxylic acid groups (broad SMARTS) is 1. The van der Waals surface area contributed by atoms with E-state index < -0.39 is 29.7 Å². The Hall–Kier alpha value is -2.09. The molecule has 1 unspecified atom stereocenters. The Bertz CT molecular complexity index is 589. The van der Waals surface area contributed by atoms with Crippen LogP contribution in [0.2, 0.25) is 0 Å². The number of amides is 1. The van der Waals surface area contributed by atoms with Gasteiger partial charge in [-0.2, -0.15) is 13.2 Å². The molecule has 5 nitrogen and oxygen atoms in total. The van der Waals surface area contributed by atoms with E-state index in [-0.39, 0.29) is 25.2 Å². The molecule has 1 atom stereocenters. The average Bonchev–Trinajstić information content (AvgIpc) is 2.79. The van der Waals surface area contributed by atoms with Crippen LogP contribution < -0.4 is 4.90 Å². The minimum Gasteiger partial charge on any atom is -0.480 e.